The van der Waals surface area contributed by atoms with Crippen LogP contribution in [0.2, 0.25) is 0 Å². The first-order valence-electron chi connectivity index (χ1n) is 6.66. The van der Waals surface area contributed by atoms with E-state index in [4.69, 9.17) is 0 Å². The second-order valence-corrected chi connectivity index (χ2v) is 5.08. The Morgan fingerprint density at radius 2 is 2.19 bits per heavy atom. The first kappa shape index (κ1) is 15.0. The minimum atomic E-state index is -0.487. The number of rotatable bonds is 4. The van der Waals surface area contributed by atoms with Crippen molar-refractivity contribution >= 4 is 11.6 Å². The smallest absolute Gasteiger partial charge is 0.273 e. The van der Waals surface area contributed by atoms with Gasteiger partial charge in [-0.2, -0.15) is 0 Å². The van der Waals surface area contributed by atoms with E-state index in [2.05, 4.69) is 15.8 Å². The maximum absolute atomic E-state index is 12.0. The fourth-order valence-electron chi connectivity index (χ4n) is 2.04. The zero-order valence-electron chi connectivity index (χ0n) is 12.0. The number of likely N-dealkylation sites (N-methyl/N-ethyl adjacent to an activating group) is 1. The fourth-order valence-corrected chi connectivity index (χ4v) is 2.04. The third-order valence-electron chi connectivity index (χ3n) is 3.42. The zero-order chi connectivity index (χ0) is 15.4. The molecule has 1 aromatic carbocycles. The molecular weight excluding hydrogens is 272 g/mol. The average Bonchev–Trinajstić information content (AvgIpc) is 2.46. The van der Waals surface area contributed by atoms with Crippen LogP contribution in [0.5, 0.6) is 0 Å². The zero-order valence-corrected chi connectivity index (χ0v) is 12.0. The van der Waals surface area contributed by atoms with Gasteiger partial charge in [-0.05, 0) is 26.1 Å². The Bertz CT molecular complexity index is 598. The van der Waals surface area contributed by atoms with Gasteiger partial charge in [-0.1, -0.05) is 6.07 Å². The van der Waals surface area contributed by atoms with Gasteiger partial charge in [0.2, 0.25) is 0 Å². The highest BCUT2D eigenvalue weighted by Gasteiger charge is 2.15. The number of carbonyl (C=O) groups is 1. The van der Waals surface area contributed by atoms with Gasteiger partial charge >= 0.3 is 0 Å². The molecule has 7 nitrogen and oxygen atoms in total. The van der Waals surface area contributed by atoms with Gasteiger partial charge in [0.15, 0.2) is 0 Å². The second-order valence-electron chi connectivity index (χ2n) is 5.08. The molecule has 7 heteroatoms. The van der Waals surface area contributed by atoms with Crippen molar-refractivity contribution in [3.8, 4) is 0 Å². The normalized spacial score (nSPS) is 15.2. The lowest BCUT2D eigenvalue weighted by atomic mass is 10.1. The van der Waals surface area contributed by atoms with Gasteiger partial charge in [-0.15, -0.1) is 0 Å². The number of carbonyl (C=O) groups excluding carboxylic acids is 1. The summed E-state index contributed by atoms with van der Waals surface area (Å²) in [5.41, 5.74) is 7.12. The second kappa shape index (κ2) is 6.36. The van der Waals surface area contributed by atoms with Gasteiger partial charge in [0.05, 0.1) is 4.92 Å². The Morgan fingerprint density at radius 3 is 2.81 bits per heavy atom. The van der Waals surface area contributed by atoms with Crippen LogP contribution in [0, 0.1) is 17.0 Å². The van der Waals surface area contributed by atoms with Crippen LogP contribution in [-0.2, 0) is 0 Å². The molecule has 2 rings (SSSR count). The van der Waals surface area contributed by atoms with Gasteiger partial charge < -0.3 is 10.3 Å². The predicted octanol–water partition coefficient (Wildman–Crippen LogP) is 1.36. The van der Waals surface area contributed by atoms with Crippen LogP contribution in [0.25, 0.3) is 0 Å². The van der Waals surface area contributed by atoms with Crippen molar-refractivity contribution in [2.45, 2.75) is 13.3 Å². The summed E-state index contributed by atoms with van der Waals surface area (Å²) in [6.45, 7) is 3.39. The highest BCUT2D eigenvalue weighted by molar-refractivity contribution is 5.94. The van der Waals surface area contributed by atoms with E-state index >= 15 is 0 Å². The minimum absolute atomic E-state index is 0.0545. The average molecular weight is 290 g/mol. The molecule has 1 amide bonds. The molecule has 0 aromatic heterocycles. The van der Waals surface area contributed by atoms with Crippen molar-refractivity contribution < 1.29 is 9.72 Å². The van der Waals surface area contributed by atoms with Gasteiger partial charge in [0, 0.05) is 42.4 Å². The van der Waals surface area contributed by atoms with E-state index in [-0.39, 0.29) is 11.3 Å². The minimum Gasteiger partial charge on any atom is -0.303 e. The maximum atomic E-state index is 12.0. The molecule has 0 saturated carbocycles. The number of aryl methyl sites for hydroxylation is 1. The topological polar surface area (TPSA) is 87.5 Å². The number of hydrogen-bond acceptors (Lipinski definition) is 5. The number of amides is 1. The summed E-state index contributed by atoms with van der Waals surface area (Å²) >= 11 is 0. The summed E-state index contributed by atoms with van der Waals surface area (Å²) in [5, 5.41) is 10.9. The Kier molecular flexibility index (Phi) is 4.54. The van der Waals surface area contributed by atoms with E-state index in [0.29, 0.717) is 5.56 Å². The van der Waals surface area contributed by atoms with Gasteiger partial charge in [0.25, 0.3) is 11.6 Å². The first-order chi connectivity index (χ1) is 9.97. The van der Waals surface area contributed by atoms with Crippen LogP contribution in [-0.4, -0.2) is 35.9 Å². The van der Waals surface area contributed by atoms with Crippen LogP contribution in [0.4, 0.5) is 5.69 Å². The quantitative estimate of drug-likeness (QED) is 0.645. The summed E-state index contributed by atoms with van der Waals surface area (Å²) in [6, 6.07) is 4.43. The summed E-state index contributed by atoms with van der Waals surface area (Å²) in [7, 11) is 2.03. The maximum Gasteiger partial charge on any atom is 0.273 e. The van der Waals surface area contributed by atoms with Crippen molar-refractivity contribution in [2.75, 3.05) is 20.1 Å². The highest BCUT2D eigenvalue weighted by Crippen LogP contribution is 2.19. The molecule has 21 heavy (non-hydrogen) atoms. The fraction of sp³-hybridized carbons (Fsp3) is 0.357. The molecule has 112 valence electrons. The number of nitrogens with zero attached hydrogens (tertiary/aromatic N) is 2. The van der Waals surface area contributed by atoms with Crippen LogP contribution < -0.4 is 10.9 Å². The van der Waals surface area contributed by atoms with E-state index < -0.39 is 10.8 Å². The number of benzene rings is 1. The summed E-state index contributed by atoms with van der Waals surface area (Å²) < 4.78 is 0. The molecule has 0 spiro atoms. The van der Waals surface area contributed by atoms with E-state index in [0.717, 1.165) is 25.2 Å². The van der Waals surface area contributed by atoms with Crippen LogP contribution in [0.1, 0.15) is 22.3 Å². The van der Waals surface area contributed by atoms with E-state index in [9.17, 15) is 14.9 Å². The molecule has 0 aliphatic carbocycles. The van der Waals surface area contributed by atoms with Crippen LogP contribution in [0.15, 0.2) is 30.0 Å². The molecule has 0 atom stereocenters. The highest BCUT2D eigenvalue weighted by atomic mass is 16.6. The van der Waals surface area contributed by atoms with Crippen molar-refractivity contribution in [2.24, 2.45) is 0 Å². The van der Waals surface area contributed by atoms with Crippen molar-refractivity contribution in [3.63, 3.8) is 0 Å². The molecule has 0 unspecified atom stereocenters. The molecule has 0 bridgehead atoms. The number of nitro benzene ring substituents is 1. The van der Waals surface area contributed by atoms with Gasteiger partial charge in [-0.3, -0.25) is 20.3 Å². The molecule has 1 aliphatic heterocycles. The lowest BCUT2D eigenvalue weighted by Crippen LogP contribution is -2.39. The predicted molar refractivity (Wildman–Crippen MR) is 78.6 cm³/mol. The third kappa shape index (κ3) is 3.79. The number of nitro groups is 1. The van der Waals surface area contributed by atoms with Crippen molar-refractivity contribution in [1.29, 1.82) is 0 Å². The molecule has 1 heterocycles. The molecular formula is C14H18N4O3. The lowest BCUT2D eigenvalue weighted by Gasteiger charge is -2.22. The Morgan fingerprint density at radius 1 is 1.43 bits per heavy atom. The summed E-state index contributed by atoms with van der Waals surface area (Å²) in [4.78, 5) is 24.6. The molecule has 0 radical (unpaired) electrons. The molecule has 2 N–H and O–H groups in total. The van der Waals surface area contributed by atoms with Crippen molar-refractivity contribution in [1.82, 2.24) is 15.8 Å². The molecule has 0 fully saturated rings. The van der Waals surface area contributed by atoms with Crippen LogP contribution in [0.3, 0.4) is 0 Å². The summed E-state index contributed by atoms with van der Waals surface area (Å²) in [6.07, 6.45) is 2.83. The van der Waals surface area contributed by atoms with E-state index in [1.165, 1.54) is 6.07 Å². The van der Waals surface area contributed by atoms with Crippen molar-refractivity contribution in [3.05, 3.63) is 51.2 Å². The SMILES string of the molecule is Cc1ccc(C(=O)NNC2=CCN(C)CC2)cc1[N+](=O)[O-]. The Labute approximate surface area is 122 Å². The standard InChI is InChI=1S/C14H18N4O3/c1-10-3-4-11(9-13(10)18(20)21)14(19)16-15-12-5-7-17(2)8-6-12/h3-5,9,15H,6-8H2,1-2H3,(H,16,19). The Balaban J connectivity index is 2.01. The molecule has 1 aliphatic rings. The summed E-state index contributed by atoms with van der Waals surface area (Å²) in [5.74, 6) is -0.391. The first-order valence-corrected chi connectivity index (χ1v) is 6.66. The molecule has 1 aromatic rings. The van der Waals surface area contributed by atoms with E-state index in [1.807, 2.05) is 13.1 Å². The van der Waals surface area contributed by atoms with Crippen LogP contribution >= 0.6 is 0 Å². The number of hydrogen-bond donors (Lipinski definition) is 2. The van der Waals surface area contributed by atoms with Gasteiger partial charge in [0.1, 0.15) is 0 Å². The number of nitrogens with one attached hydrogen (secondary N) is 2. The monoisotopic (exact) mass is 290 g/mol. The van der Waals surface area contributed by atoms with Gasteiger partial charge in [-0.25, -0.2) is 0 Å². The third-order valence-corrected chi connectivity index (χ3v) is 3.42. The Hall–Kier alpha value is -2.41. The van der Waals surface area contributed by atoms with E-state index in [1.54, 1.807) is 19.1 Å². The largest absolute Gasteiger partial charge is 0.303 e. The molecule has 0 saturated heterocycles. The number of hydrazine groups is 1. The lowest BCUT2D eigenvalue weighted by molar-refractivity contribution is -0.385.